The molecular formula is C23H31BrN2O3. The van der Waals surface area contributed by atoms with Crippen molar-refractivity contribution in [3.05, 3.63) is 52.0 Å². The maximum atomic E-state index is 12.2. The number of aryl methyl sites for hydroxylation is 1. The van der Waals surface area contributed by atoms with Gasteiger partial charge in [-0.1, -0.05) is 59.8 Å². The Labute approximate surface area is 182 Å². The molecule has 29 heavy (non-hydrogen) atoms. The van der Waals surface area contributed by atoms with Gasteiger partial charge < -0.3 is 20.1 Å². The smallest absolute Gasteiger partial charge is 0.262 e. The second-order valence-corrected chi connectivity index (χ2v) is 7.89. The lowest BCUT2D eigenvalue weighted by atomic mass is 10.2. The van der Waals surface area contributed by atoms with Crippen LogP contribution in [0.15, 0.2) is 40.9 Å². The fraction of sp³-hybridized carbons (Fsp3) is 0.435. The first-order chi connectivity index (χ1) is 14.0. The predicted octanol–water partition coefficient (Wildman–Crippen LogP) is 5.45. The van der Waals surface area contributed by atoms with E-state index in [9.17, 15) is 4.79 Å². The fourth-order valence-corrected chi connectivity index (χ4v) is 3.32. The number of hydrogen-bond acceptors (Lipinski definition) is 4. The van der Waals surface area contributed by atoms with Crippen molar-refractivity contribution in [2.45, 2.75) is 46.1 Å². The third-order valence-electron chi connectivity index (χ3n) is 4.55. The van der Waals surface area contributed by atoms with E-state index < -0.39 is 0 Å². The molecule has 158 valence electrons. The van der Waals surface area contributed by atoms with Gasteiger partial charge in [-0.2, -0.15) is 0 Å². The number of halogens is 1. The quantitative estimate of drug-likeness (QED) is 0.411. The molecule has 2 aromatic rings. The number of rotatable bonds is 12. The van der Waals surface area contributed by atoms with Crippen LogP contribution in [0.25, 0.3) is 0 Å². The highest BCUT2D eigenvalue weighted by molar-refractivity contribution is 9.10. The second-order valence-electron chi connectivity index (χ2n) is 7.03. The van der Waals surface area contributed by atoms with E-state index in [2.05, 4.69) is 33.5 Å². The van der Waals surface area contributed by atoms with Crippen molar-refractivity contribution in [2.24, 2.45) is 0 Å². The van der Waals surface area contributed by atoms with Crippen LogP contribution in [0, 0.1) is 6.92 Å². The number of ether oxygens (including phenoxy) is 2. The lowest BCUT2D eigenvalue weighted by Crippen LogP contribution is -2.20. The molecule has 0 unspecified atom stereocenters. The average molecular weight is 463 g/mol. The number of benzene rings is 2. The highest BCUT2D eigenvalue weighted by Gasteiger charge is 2.12. The van der Waals surface area contributed by atoms with Crippen LogP contribution >= 0.6 is 15.9 Å². The summed E-state index contributed by atoms with van der Waals surface area (Å²) in [5, 5.41) is 6.29. The van der Waals surface area contributed by atoms with E-state index in [0.717, 1.165) is 34.4 Å². The van der Waals surface area contributed by atoms with Gasteiger partial charge in [0.25, 0.3) is 5.91 Å². The summed E-state index contributed by atoms with van der Waals surface area (Å²) < 4.78 is 12.1. The van der Waals surface area contributed by atoms with Gasteiger partial charge in [0.1, 0.15) is 0 Å². The molecule has 0 heterocycles. The second kappa shape index (κ2) is 12.5. The summed E-state index contributed by atoms with van der Waals surface area (Å²) in [7, 11) is 1.60. The van der Waals surface area contributed by atoms with Gasteiger partial charge in [0.2, 0.25) is 0 Å². The molecule has 1 amide bonds. The molecule has 2 aromatic carbocycles. The van der Waals surface area contributed by atoms with Gasteiger partial charge in [0, 0.05) is 16.7 Å². The minimum atomic E-state index is -0.218. The van der Waals surface area contributed by atoms with Crippen molar-refractivity contribution in [1.29, 1.82) is 0 Å². The van der Waals surface area contributed by atoms with E-state index in [1.807, 2.05) is 43.3 Å². The van der Waals surface area contributed by atoms with Gasteiger partial charge >= 0.3 is 0 Å². The highest BCUT2D eigenvalue weighted by Crippen LogP contribution is 2.33. The molecule has 0 saturated carbocycles. The Morgan fingerprint density at radius 2 is 1.83 bits per heavy atom. The van der Waals surface area contributed by atoms with Crippen LogP contribution in [0.3, 0.4) is 0 Å². The first kappa shape index (κ1) is 23.2. The SMILES string of the molecule is CCCCCCNCc1cc(OC)c(OCC(=O)Nc2ccc(C)cc2)cc1Br. The molecule has 0 spiro atoms. The molecule has 0 aromatic heterocycles. The Bertz CT molecular complexity index is 778. The molecule has 0 aliphatic heterocycles. The van der Waals surface area contributed by atoms with Crippen molar-refractivity contribution in [3.63, 3.8) is 0 Å². The summed E-state index contributed by atoms with van der Waals surface area (Å²) >= 11 is 3.60. The van der Waals surface area contributed by atoms with Crippen molar-refractivity contribution in [1.82, 2.24) is 5.32 Å². The third-order valence-corrected chi connectivity index (χ3v) is 5.29. The van der Waals surface area contributed by atoms with Crippen LogP contribution in [0.4, 0.5) is 5.69 Å². The van der Waals surface area contributed by atoms with Crippen molar-refractivity contribution >= 4 is 27.5 Å². The van der Waals surface area contributed by atoms with Crippen molar-refractivity contribution < 1.29 is 14.3 Å². The van der Waals surface area contributed by atoms with Crippen molar-refractivity contribution in [2.75, 3.05) is 25.6 Å². The number of amides is 1. The summed E-state index contributed by atoms with van der Waals surface area (Å²) in [6.45, 7) is 5.87. The van der Waals surface area contributed by atoms with E-state index in [4.69, 9.17) is 9.47 Å². The van der Waals surface area contributed by atoms with Crippen LogP contribution in [0.1, 0.15) is 43.7 Å². The lowest BCUT2D eigenvalue weighted by Gasteiger charge is -2.14. The van der Waals surface area contributed by atoms with Crippen LogP contribution in [0.5, 0.6) is 11.5 Å². The van der Waals surface area contributed by atoms with E-state index in [1.165, 1.54) is 25.7 Å². The monoisotopic (exact) mass is 462 g/mol. The molecule has 2 rings (SSSR count). The van der Waals surface area contributed by atoms with Gasteiger partial charge in [0.05, 0.1) is 7.11 Å². The Balaban J connectivity index is 1.88. The van der Waals surface area contributed by atoms with Gasteiger partial charge in [-0.15, -0.1) is 0 Å². The topological polar surface area (TPSA) is 59.6 Å². The normalized spacial score (nSPS) is 10.6. The lowest BCUT2D eigenvalue weighted by molar-refractivity contribution is -0.118. The van der Waals surface area contributed by atoms with Crippen LogP contribution < -0.4 is 20.1 Å². The zero-order chi connectivity index (χ0) is 21.1. The summed E-state index contributed by atoms with van der Waals surface area (Å²) in [5.41, 5.74) is 2.98. The Morgan fingerprint density at radius 3 is 2.52 bits per heavy atom. The molecule has 6 heteroatoms. The summed E-state index contributed by atoms with van der Waals surface area (Å²) in [6.07, 6.45) is 4.96. The minimum absolute atomic E-state index is 0.0916. The molecular weight excluding hydrogens is 432 g/mol. The Kier molecular flexibility index (Phi) is 10.0. The van der Waals surface area contributed by atoms with E-state index in [1.54, 1.807) is 7.11 Å². The number of carbonyl (C=O) groups excluding carboxylic acids is 1. The molecule has 0 atom stereocenters. The molecule has 2 N–H and O–H groups in total. The van der Waals surface area contributed by atoms with Crippen molar-refractivity contribution in [3.8, 4) is 11.5 Å². The number of hydrogen-bond donors (Lipinski definition) is 2. The third kappa shape index (κ3) is 8.07. The summed E-state index contributed by atoms with van der Waals surface area (Å²) in [5.74, 6) is 0.925. The van der Waals surface area contributed by atoms with E-state index in [0.29, 0.717) is 11.5 Å². The van der Waals surface area contributed by atoms with Crippen LogP contribution in [0.2, 0.25) is 0 Å². The minimum Gasteiger partial charge on any atom is -0.493 e. The largest absolute Gasteiger partial charge is 0.493 e. The molecule has 0 saturated heterocycles. The number of nitrogens with one attached hydrogen (secondary N) is 2. The average Bonchev–Trinajstić information content (AvgIpc) is 2.71. The molecule has 5 nitrogen and oxygen atoms in total. The van der Waals surface area contributed by atoms with Gasteiger partial charge in [-0.25, -0.2) is 0 Å². The molecule has 0 radical (unpaired) electrons. The summed E-state index contributed by atoms with van der Waals surface area (Å²) in [4.78, 5) is 12.2. The van der Waals surface area contributed by atoms with Gasteiger partial charge in [-0.3, -0.25) is 4.79 Å². The zero-order valence-corrected chi connectivity index (χ0v) is 19.1. The number of unbranched alkanes of at least 4 members (excludes halogenated alkanes) is 3. The van der Waals surface area contributed by atoms with Gasteiger partial charge in [0.15, 0.2) is 18.1 Å². The maximum Gasteiger partial charge on any atom is 0.262 e. The van der Waals surface area contributed by atoms with Crippen LogP contribution in [-0.4, -0.2) is 26.2 Å². The Morgan fingerprint density at radius 1 is 1.07 bits per heavy atom. The highest BCUT2D eigenvalue weighted by atomic mass is 79.9. The van der Waals surface area contributed by atoms with E-state index in [-0.39, 0.29) is 12.5 Å². The molecule has 0 aliphatic carbocycles. The van der Waals surface area contributed by atoms with Gasteiger partial charge in [-0.05, 0) is 49.7 Å². The first-order valence-corrected chi connectivity index (χ1v) is 10.9. The summed E-state index contributed by atoms with van der Waals surface area (Å²) in [6, 6.07) is 11.4. The van der Waals surface area contributed by atoms with E-state index >= 15 is 0 Å². The maximum absolute atomic E-state index is 12.2. The predicted molar refractivity (Wildman–Crippen MR) is 122 cm³/mol. The molecule has 0 fully saturated rings. The number of carbonyl (C=O) groups is 1. The molecule has 0 bridgehead atoms. The number of anilines is 1. The first-order valence-electron chi connectivity index (χ1n) is 10.1. The fourth-order valence-electron chi connectivity index (χ4n) is 2.86. The Hall–Kier alpha value is -2.05. The molecule has 0 aliphatic rings. The van der Waals surface area contributed by atoms with Crippen LogP contribution in [-0.2, 0) is 11.3 Å². The number of methoxy groups -OCH3 is 1. The standard InChI is InChI=1S/C23H31BrN2O3/c1-4-5-6-7-12-25-15-18-13-21(28-3)22(14-20(18)24)29-16-23(27)26-19-10-8-17(2)9-11-19/h8-11,13-14,25H,4-7,12,15-16H2,1-3H3,(H,26,27). The zero-order valence-electron chi connectivity index (χ0n) is 17.5.